The monoisotopic (exact) mass is 305 g/mol. The number of aliphatic hydroxyl groups is 1. The molecule has 1 fully saturated rings. The third-order valence-corrected chi connectivity index (χ3v) is 4.28. The van der Waals surface area contributed by atoms with E-state index in [-0.39, 0.29) is 12.5 Å². The molecular weight excluding hydrogens is 278 g/mol. The van der Waals surface area contributed by atoms with Gasteiger partial charge in [0, 0.05) is 25.3 Å². The predicted octanol–water partition coefficient (Wildman–Crippen LogP) is 3.10. The van der Waals surface area contributed by atoms with E-state index in [1.807, 2.05) is 29.2 Å². The van der Waals surface area contributed by atoms with Crippen molar-refractivity contribution in [1.82, 2.24) is 4.90 Å². The van der Waals surface area contributed by atoms with Crippen molar-refractivity contribution in [3.05, 3.63) is 29.8 Å². The number of benzene rings is 1. The molecule has 0 atom stereocenters. The smallest absolute Gasteiger partial charge is 0.253 e. The third-order valence-electron chi connectivity index (χ3n) is 4.28. The summed E-state index contributed by atoms with van der Waals surface area (Å²) in [4.78, 5) is 14.3. The van der Waals surface area contributed by atoms with Crippen LogP contribution in [0.15, 0.2) is 24.3 Å². The molecule has 1 N–H and O–H groups in total. The molecule has 22 heavy (non-hydrogen) atoms. The van der Waals surface area contributed by atoms with E-state index in [1.165, 1.54) is 12.8 Å². The van der Waals surface area contributed by atoms with Crippen molar-refractivity contribution in [1.29, 1.82) is 0 Å². The molecule has 4 heteroatoms. The van der Waals surface area contributed by atoms with Gasteiger partial charge in [-0.3, -0.25) is 4.79 Å². The van der Waals surface area contributed by atoms with Crippen molar-refractivity contribution in [3.8, 4) is 5.75 Å². The molecule has 1 saturated heterocycles. The van der Waals surface area contributed by atoms with Gasteiger partial charge in [0.25, 0.3) is 5.91 Å². The molecule has 1 amide bonds. The zero-order chi connectivity index (χ0) is 15.8. The summed E-state index contributed by atoms with van der Waals surface area (Å²) in [6.45, 7) is 4.60. The van der Waals surface area contributed by atoms with Gasteiger partial charge in [0.1, 0.15) is 5.75 Å². The quantitative estimate of drug-likeness (QED) is 0.788. The first kappa shape index (κ1) is 16.8. The largest absolute Gasteiger partial charge is 0.494 e. The van der Waals surface area contributed by atoms with Gasteiger partial charge in [-0.15, -0.1) is 0 Å². The Balaban J connectivity index is 1.83. The first-order valence-electron chi connectivity index (χ1n) is 8.37. The summed E-state index contributed by atoms with van der Waals surface area (Å²) in [6, 6.07) is 7.44. The normalized spacial score (nSPS) is 15.8. The number of amides is 1. The maximum Gasteiger partial charge on any atom is 0.253 e. The molecule has 2 rings (SSSR count). The number of likely N-dealkylation sites (tertiary alicyclic amines) is 1. The van der Waals surface area contributed by atoms with Gasteiger partial charge in [-0.05, 0) is 49.4 Å². The number of hydrogen-bond donors (Lipinski definition) is 1. The van der Waals surface area contributed by atoms with Crippen molar-refractivity contribution in [2.75, 3.05) is 26.3 Å². The van der Waals surface area contributed by atoms with Gasteiger partial charge in [0.05, 0.1) is 6.61 Å². The molecule has 0 bridgehead atoms. The van der Waals surface area contributed by atoms with Crippen LogP contribution in [0, 0.1) is 5.92 Å². The summed E-state index contributed by atoms with van der Waals surface area (Å²) in [7, 11) is 0. The Bertz CT molecular complexity index is 450. The van der Waals surface area contributed by atoms with Crippen LogP contribution >= 0.6 is 0 Å². The fraction of sp³-hybridized carbons (Fsp3) is 0.611. The SMILES string of the molecule is CCCCCOc1ccc(C(=O)N2CCC(CO)CC2)cc1. The minimum atomic E-state index is 0.0777. The Labute approximate surface area is 133 Å². The molecule has 0 unspecified atom stereocenters. The van der Waals surface area contributed by atoms with E-state index >= 15 is 0 Å². The van der Waals surface area contributed by atoms with Gasteiger partial charge >= 0.3 is 0 Å². The average molecular weight is 305 g/mol. The maximum atomic E-state index is 12.4. The Morgan fingerprint density at radius 1 is 1.23 bits per heavy atom. The molecule has 1 heterocycles. The second-order valence-electron chi connectivity index (χ2n) is 6.00. The highest BCUT2D eigenvalue weighted by atomic mass is 16.5. The molecule has 1 aliphatic heterocycles. The van der Waals surface area contributed by atoms with Crippen LogP contribution in [0.25, 0.3) is 0 Å². The highest BCUT2D eigenvalue weighted by Crippen LogP contribution is 2.20. The van der Waals surface area contributed by atoms with Crippen molar-refractivity contribution in [3.63, 3.8) is 0 Å². The number of hydrogen-bond acceptors (Lipinski definition) is 3. The van der Waals surface area contributed by atoms with Crippen LogP contribution < -0.4 is 4.74 Å². The van der Waals surface area contributed by atoms with Crippen LogP contribution in [0.3, 0.4) is 0 Å². The second kappa shape index (κ2) is 8.79. The highest BCUT2D eigenvalue weighted by molar-refractivity contribution is 5.94. The van der Waals surface area contributed by atoms with Gasteiger partial charge in [-0.25, -0.2) is 0 Å². The van der Waals surface area contributed by atoms with Crippen molar-refractivity contribution in [2.45, 2.75) is 39.0 Å². The molecule has 1 aromatic carbocycles. The molecule has 0 aliphatic carbocycles. The number of aliphatic hydroxyl groups excluding tert-OH is 1. The molecular formula is C18H27NO3. The Hall–Kier alpha value is -1.55. The van der Waals surface area contributed by atoms with Gasteiger partial charge in [0.2, 0.25) is 0 Å². The highest BCUT2D eigenvalue weighted by Gasteiger charge is 2.23. The van der Waals surface area contributed by atoms with Crippen molar-refractivity contribution in [2.24, 2.45) is 5.92 Å². The van der Waals surface area contributed by atoms with Gasteiger partial charge < -0.3 is 14.7 Å². The van der Waals surface area contributed by atoms with E-state index in [2.05, 4.69) is 6.92 Å². The summed E-state index contributed by atoms with van der Waals surface area (Å²) in [5.74, 6) is 1.25. The van der Waals surface area contributed by atoms with Gasteiger partial charge in [0.15, 0.2) is 0 Å². The number of unbranched alkanes of at least 4 members (excludes halogenated alkanes) is 2. The minimum Gasteiger partial charge on any atom is -0.494 e. The van der Waals surface area contributed by atoms with E-state index in [4.69, 9.17) is 9.84 Å². The fourth-order valence-electron chi connectivity index (χ4n) is 2.74. The van der Waals surface area contributed by atoms with E-state index in [9.17, 15) is 4.79 Å². The van der Waals surface area contributed by atoms with Crippen molar-refractivity contribution < 1.29 is 14.6 Å². The van der Waals surface area contributed by atoms with Crippen LogP contribution in [0.4, 0.5) is 0 Å². The Kier molecular flexibility index (Phi) is 6.72. The molecule has 1 aliphatic rings. The van der Waals surface area contributed by atoms with Crippen LogP contribution in [0.5, 0.6) is 5.75 Å². The maximum absolute atomic E-state index is 12.4. The topological polar surface area (TPSA) is 49.8 Å². The lowest BCUT2D eigenvalue weighted by Crippen LogP contribution is -2.39. The predicted molar refractivity (Wildman–Crippen MR) is 87.2 cm³/mol. The standard InChI is InChI=1S/C18H27NO3/c1-2-3-4-13-22-17-7-5-16(6-8-17)18(21)19-11-9-15(14-20)10-12-19/h5-8,15,20H,2-4,9-14H2,1H3. The molecule has 0 radical (unpaired) electrons. The fourth-order valence-corrected chi connectivity index (χ4v) is 2.74. The molecule has 4 nitrogen and oxygen atoms in total. The second-order valence-corrected chi connectivity index (χ2v) is 6.00. The lowest BCUT2D eigenvalue weighted by Gasteiger charge is -2.31. The molecule has 1 aromatic rings. The molecule has 0 saturated carbocycles. The lowest BCUT2D eigenvalue weighted by atomic mass is 9.97. The number of ether oxygens (including phenoxy) is 1. The summed E-state index contributed by atoms with van der Waals surface area (Å²) < 4.78 is 5.66. The lowest BCUT2D eigenvalue weighted by molar-refractivity contribution is 0.0651. The van der Waals surface area contributed by atoms with Crippen LogP contribution in [0.2, 0.25) is 0 Å². The Morgan fingerprint density at radius 3 is 2.50 bits per heavy atom. The van der Waals surface area contributed by atoms with Gasteiger partial charge in [-0.1, -0.05) is 19.8 Å². The summed E-state index contributed by atoms with van der Waals surface area (Å²) in [5, 5.41) is 9.15. The number of rotatable bonds is 7. The zero-order valence-corrected chi connectivity index (χ0v) is 13.5. The first-order valence-corrected chi connectivity index (χ1v) is 8.37. The van der Waals surface area contributed by atoms with E-state index in [0.29, 0.717) is 11.5 Å². The van der Waals surface area contributed by atoms with Crippen molar-refractivity contribution >= 4 is 5.91 Å². The van der Waals surface area contributed by atoms with Crippen LogP contribution in [-0.4, -0.2) is 42.2 Å². The average Bonchev–Trinajstić information content (AvgIpc) is 2.59. The number of nitrogens with zero attached hydrogens (tertiary/aromatic N) is 1. The third kappa shape index (κ3) is 4.73. The van der Waals surface area contributed by atoms with E-state index in [0.717, 1.165) is 44.7 Å². The number of piperidine rings is 1. The first-order chi connectivity index (χ1) is 10.7. The Morgan fingerprint density at radius 2 is 1.91 bits per heavy atom. The summed E-state index contributed by atoms with van der Waals surface area (Å²) in [6.07, 6.45) is 5.21. The minimum absolute atomic E-state index is 0.0777. The number of carbonyl (C=O) groups is 1. The van der Waals surface area contributed by atoms with Crippen LogP contribution in [0.1, 0.15) is 49.4 Å². The molecule has 0 spiro atoms. The van der Waals surface area contributed by atoms with Crippen LogP contribution in [-0.2, 0) is 0 Å². The van der Waals surface area contributed by atoms with Gasteiger partial charge in [-0.2, -0.15) is 0 Å². The van der Waals surface area contributed by atoms with E-state index < -0.39 is 0 Å². The summed E-state index contributed by atoms with van der Waals surface area (Å²) >= 11 is 0. The van der Waals surface area contributed by atoms with E-state index in [1.54, 1.807) is 0 Å². The molecule has 0 aromatic heterocycles. The zero-order valence-electron chi connectivity index (χ0n) is 13.5. The molecule has 122 valence electrons. The summed E-state index contributed by atoms with van der Waals surface area (Å²) in [5.41, 5.74) is 0.711. The number of carbonyl (C=O) groups excluding carboxylic acids is 1.